The van der Waals surface area contributed by atoms with Gasteiger partial charge in [0.05, 0.1) is 22.5 Å². The van der Waals surface area contributed by atoms with Crippen LogP contribution in [0.4, 0.5) is 5.95 Å². The average Bonchev–Trinajstić information content (AvgIpc) is 3.46. The molecule has 1 unspecified atom stereocenters. The fraction of sp³-hybridized carbons (Fsp3) is 0.556. The number of fused-ring (bicyclic) bond motifs is 1. The lowest BCUT2D eigenvalue weighted by molar-refractivity contribution is 0.238. The Labute approximate surface area is 202 Å². The van der Waals surface area contributed by atoms with Crippen LogP contribution in [0.2, 0.25) is 0 Å². The molecule has 0 amide bonds. The van der Waals surface area contributed by atoms with Crippen LogP contribution in [0, 0.1) is 23.2 Å². The van der Waals surface area contributed by atoms with E-state index in [1.165, 1.54) is 10.4 Å². The van der Waals surface area contributed by atoms with E-state index in [9.17, 15) is 5.26 Å². The van der Waals surface area contributed by atoms with Crippen molar-refractivity contribution in [2.45, 2.75) is 52.5 Å². The van der Waals surface area contributed by atoms with Crippen molar-refractivity contribution in [1.82, 2.24) is 14.5 Å². The highest BCUT2D eigenvalue weighted by Crippen LogP contribution is 2.39. The third kappa shape index (κ3) is 4.95. The number of aromatic nitrogens is 2. The highest BCUT2D eigenvalue weighted by Gasteiger charge is 2.36. The van der Waals surface area contributed by atoms with Gasteiger partial charge in [-0.15, -0.1) is 11.3 Å². The van der Waals surface area contributed by atoms with Crippen molar-refractivity contribution < 1.29 is 0 Å². The Kier molecular flexibility index (Phi) is 7.41. The lowest BCUT2D eigenvalue weighted by Crippen LogP contribution is -2.47. The van der Waals surface area contributed by atoms with Crippen molar-refractivity contribution in [1.29, 1.82) is 5.26 Å². The molecular weight excluding hydrogens is 426 g/mol. The smallest absolute Gasteiger partial charge is 0.206 e. The van der Waals surface area contributed by atoms with Crippen LogP contribution in [0.3, 0.4) is 0 Å². The maximum absolute atomic E-state index is 10.1. The van der Waals surface area contributed by atoms with Gasteiger partial charge in [-0.2, -0.15) is 5.26 Å². The number of hydrogen-bond acceptors (Lipinski definition) is 5. The predicted molar refractivity (Wildman–Crippen MR) is 139 cm³/mol. The number of rotatable bonds is 9. The molecule has 6 heteroatoms. The van der Waals surface area contributed by atoms with E-state index in [0.717, 1.165) is 63.6 Å². The van der Waals surface area contributed by atoms with Gasteiger partial charge in [0, 0.05) is 37.6 Å². The van der Waals surface area contributed by atoms with E-state index in [1.54, 1.807) is 11.3 Å². The molecule has 33 heavy (non-hydrogen) atoms. The van der Waals surface area contributed by atoms with Gasteiger partial charge in [-0.25, -0.2) is 4.98 Å². The van der Waals surface area contributed by atoms with Crippen LogP contribution in [0.1, 0.15) is 45.4 Å². The maximum atomic E-state index is 10.1. The van der Waals surface area contributed by atoms with Gasteiger partial charge in [0.15, 0.2) is 0 Å². The molecule has 0 aliphatic carbocycles. The van der Waals surface area contributed by atoms with E-state index < -0.39 is 0 Å². The van der Waals surface area contributed by atoms with Gasteiger partial charge in [0.1, 0.15) is 0 Å². The molecule has 3 heterocycles. The van der Waals surface area contributed by atoms with Crippen LogP contribution >= 0.6 is 11.3 Å². The molecule has 1 atom stereocenters. The normalized spacial score (nSPS) is 17.1. The maximum Gasteiger partial charge on any atom is 0.206 e. The number of benzene rings is 1. The first-order chi connectivity index (χ1) is 15.9. The summed E-state index contributed by atoms with van der Waals surface area (Å²) in [6.45, 7) is 15.0. The summed E-state index contributed by atoms with van der Waals surface area (Å²) in [5.74, 6) is 2.00. The minimum Gasteiger partial charge on any atom is -0.340 e. The number of anilines is 1. The molecule has 2 aromatic heterocycles. The molecule has 5 nitrogen and oxygen atoms in total. The first-order valence-corrected chi connectivity index (χ1v) is 13.2. The molecule has 176 valence electrons. The van der Waals surface area contributed by atoms with E-state index in [1.807, 2.05) is 0 Å². The first kappa shape index (κ1) is 23.8. The number of para-hydroxylation sites is 2. The molecule has 1 saturated heterocycles. The Bertz CT molecular complexity index is 1070. The summed E-state index contributed by atoms with van der Waals surface area (Å²) in [6, 6.07) is 15.4. The molecule has 1 aliphatic heterocycles. The van der Waals surface area contributed by atoms with Crippen LogP contribution in [-0.2, 0) is 12.0 Å². The molecule has 3 aromatic rings. The van der Waals surface area contributed by atoms with Crippen LogP contribution in [0.25, 0.3) is 11.0 Å². The van der Waals surface area contributed by atoms with E-state index in [2.05, 4.69) is 89.9 Å². The fourth-order valence-corrected chi connectivity index (χ4v) is 6.13. The average molecular weight is 464 g/mol. The number of thiophene rings is 1. The number of nitrogens with zero attached hydrogens (tertiary/aromatic N) is 5. The van der Waals surface area contributed by atoms with Crippen LogP contribution < -0.4 is 4.90 Å². The van der Waals surface area contributed by atoms with Crippen molar-refractivity contribution in [3.63, 3.8) is 0 Å². The summed E-state index contributed by atoms with van der Waals surface area (Å²) in [7, 11) is 0. The molecule has 1 aliphatic rings. The standard InChI is InChI=1S/C27H37N5S/c1-21(2)19-32-24-10-6-5-9-23(24)29-26(32)31-16-14-30(15-17-31)13-8-12-27(20-28,22(3)4)25-11-7-18-33-25/h5-7,9-11,18,21-22H,8,12-17,19H2,1-4H3. The van der Waals surface area contributed by atoms with Crippen molar-refractivity contribution in [2.24, 2.45) is 11.8 Å². The fourth-order valence-electron chi connectivity index (χ4n) is 5.07. The predicted octanol–water partition coefficient (Wildman–Crippen LogP) is 5.77. The van der Waals surface area contributed by atoms with Gasteiger partial charge in [0.25, 0.3) is 0 Å². The third-order valence-corrected chi connectivity index (χ3v) is 8.08. The Morgan fingerprint density at radius 2 is 1.82 bits per heavy atom. The highest BCUT2D eigenvalue weighted by molar-refractivity contribution is 7.10. The summed E-state index contributed by atoms with van der Waals surface area (Å²) in [6.07, 6.45) is 1.97. The monoisotopic (exact) mass is 463 g/mol. The third-order valence-electron chi connectivity index (χ3n) is 7.03. The van der Waals surface area contributed by atoms with Crippen LogP contribution in [-0.4, -0.2) is 47.2 Å². The Morgan fingerprint density at radius 3 is 2.45 bits per heavy atom. The summed E-state index contributed by atoms with van der Waals surface area (Å²) >= 11 is 1.72. The van der Waals surface area contributed by atoms with E-state index >= 15 is 0 Å². The second kappa shape index (κ2) is 10.3. The summed E-state index contributed by atoms with van der Waals surface area (Å²) < 4.78 is 2.40. The van der Waals surface area contributed by atoms with Crippen molar-refractivity contribution in [3.05, 3.63) is 46.7 Å². The van der Waals surface area contributed by atoms with E-state index in [4.69, 9.17) is 4.98 Å². The molecule has 0 bridgehead atoms. The van der Waals surface area contributed by atoms with Crippen LogP contribution in [0.15, 0.2) is 41.8 Å². The zero-order valence-corrected chi connectivity index (χ0v) is 21.3. The lowest BCUT2D eigenvalue weighted by atomic mass is 9.73. The molecule has 0 spiro atoms. The summed E-state index contributed by atoms with van der Waals surface area (Å²) in [4.78, 5) is 11.2. The van der Waals surface area contributed by atoms with Gasteiger partial charge in [0.2, 0.25) is 5.95 Å². The Hall–Kier alpha value is -2.36. The van der Waals surface area contributed by atoms with Gasteiger partial charge in [-0.05, 0) is 54.8 Å². The number of nitriles is 1. The Balaban J connectivity index is 1.38. The minimum atomic E-state index is -0.363. The SMILES string of the molecule is CC(C)Cn1c(N2CCN(CCCC(C#N)(c3cccs3)C(C)C)CC2)nc2ccccc21. The topological polar surface area (TPSA) is 48.1 Å². The zero-order chi connectivity index (χ0) is 23.4. The zero-order valence-electron chi connectivity index (χ0n) is 20.5. The largest absolute Gasteiger partial charge is 0.340 e. The summed E-state index contributed by atoms with van der Waals surface area (Å²) in [5.41, 5.74) is 1.96. The van der Waals surface area contributed by atoms with Gasteiger partial charge in [-0.3, -0.25) is 4.90 Å². The quantitative estimate of drug-likeness (QED) is 0.404. The Morgan fingerprint density at radius 1 is 1.06 bits per heavy atom. The van der Waals surface area contributed by atoms with Crippen molar-refractivity contribution >= 4 is 28.3 Å². The highest BCUT2D eigenvalue weighted by atomic mass is 32.1. The van der Waals surface area contributed by atoms with Gasteiger partial charge in [-0.1, -0.05) is 45.9 Å². The molecular formula is C27H37N5S. The number of imidazole rings is 1. The molecule has 0 N–H and O–H groups in total. The van der Waals surface area contributed by atoms with Crippen LogP contribution in [0.5, 0.6) is 0 Å². The molecule has 1 fully saturated rings. The second-order valence-electron chi connectivity index (χ2n) is 10.1. The molecule has 1 aromatic carbocycles. The molecule has 4 rings (SSSR count). The summed E-state index contributed by atoms with van der Waals surface area (Å²) in [5, 5.41) is 12.2. The second-order valence-corrected chi connectivity index (χ2v) is 11.0. The van der Waals surface area contributed by atoms with E-state index in [-0.39, 0.29) is 5.41 Å². The lowest BCUT2D eigenvalue weighted by Gasteiger charge is -2.36. The molecule has 0 radical (unpaired) electrons. The van der Waals surface area contributed by atoms with E-state index in [0.29, 0.717) is 11.8 Å². The van der Waals surface area contributed by atoms with Gasteiger partial charge < -0.3 is 9.47 Å². The van der Waals surface area contributed by atoms with Crippen molar-refractivity contribution in [2.75, 3.05) is 37.6 Å². The number of piperazine rings is 1. The molecule has 0 saturated carbocycles. The minimum absolute atomic E-state index is 0.312. The van der Waals surface area contributed by atoms with Gasteiger partial charge >= 0.3 is 0 Å². The van der Waals surface area contributed by atoms with Crippen molar-refractivity contribution in [3.8, 4) is 6.07 Å². The first-order valence-electron chi connectivity index (χ1n) is 12.3. The number of hydrogen-bond donors (Lipinski definition) is 0.